The maximum Gasteiger partial charge on any atom is 0.242 e. The monoisotopic (exact) mass is 320 g/mol. The van der Waals surface area contributed by atoms with E-state index in [4.69, 9.17) is 5.26 Å². The Morgan fingerprint density at radius 1 is 1.42 bits per heavy atom. The van der Waals surface area contributed by atoms with Crippen LogP contribution in [0.25, 0.3) is 0 Å². The number of benzene rings is 1. The van der Waals surface area contributed by atoms with Crippen LogP contribution in [0.4, 0.5) is 0 Å². The number of hydrogen-bond donors (Lipinski definition) is 0. The quantitative estimate of drug-likeness (QED) is 0.855. The summed E-state index contributed by atoms with van der Waals surface area (Å²) in [4.78, 5) is 13.9. The van der Waals surface area contributed by atoms with Crippen LogP contribution in [0.15, 0.2) is 28.7 Å². The van der Waals surface area contributed by atoms with Crippen LogP contribution in [0.3, 0.4) is 0 Å². The molecule has 0 aliphatic heterocycles. The molecule has 1 aromatic carbocycles. The average molecular weight is 321 g/mol. The molecule has 0 heterocycles. The summed E-state index contributed by atoms with van der Waals surface area (Å²) in [6.45, 7) is 0.657. The number of nitrogens with zero attached hydrogens (tertiary/aromatic N) is 2. The van der Waals surface area contributed by atoms with Gasteiger partial charge in [-0.2, -0.15) is 5.26 Å². The van der Waals surface area contributed by atoms with Crippen LogP contribution in [-0.4, -0.2) is 24.4 Å². The number of carbonyl (C=O) groups excluding carboxylic acids is 1. The molecule has 2 rings (SSSR count). The number of rotatable bonds is 4. The topological polar surface area (TPSA) is 44.1 Å². The Hall–Kier alpha value is -1.34. The van der Waals surface area contributed by atoms with Crippen LogP contribution < -0.4 is 0 Å². The molecule has 0 bridgehead atoms. The fourth-order valence-corrected chi connectivity index (χ4v) is 2.58. The largest absolute Gasteiger partial charge is 0.344 e. The fraction of sp³-hybridized carbons (Fsp3) is 0.467. The minimum atomic E-state index is -0.728. The summed E-state index contributed by atoms with van der Waals surface area (Å²) in [5, 5.41) is 9.17. The van der Waals surface area contributed by atoms with Gasteiger partial charge in [-0.25, -0.2) is 0 Å². The zero-order valence-electron chi connectivity index (χ0n) is 11.0. The Bertz CT molecular complexity index is 500. The molecule has 19 heavy (non-hydrogen) atoms. The van der Waals surface area contributed by atoms with E-state index in [1.54, 1.807) is 11.9 Å². The molecule has 0 N–H and O–H groups in total. The van der Waals surface area contributed by atoms with Crippen LogP contribution in [0.5, 0.6) is 0 Å². The molecule has 1 saturated carbocycles. The number of nitriles is 1. The van der Waals surface area contributed by atoms with Crippen LogP contribution >= 0.6 is 15.9 Å². The molecule has 1 aliphatic carbocycles. The van der Waals surface area contributed by atoms with E-state index in [1.165, 1.54) is 5.56 Å². The summed E-state index contributed by atoms with van der Waals surface area (Å²) in [6, 6.07) is 10.3. The predicted molar refractivity (Wildman–Crippen MR) is 77.4 cm³/mol. The van der Waals surface area contributed by atoms with Crippen molar-refractivity contribution >= 4 is 21.8 Å². The first kappa shape index (κ1) is 14.1. The van der Waals surface area contributed by atoms with Crippen molar-refractivity contribution in [3.05, 3.63) is 34.3 Å². The van der Waals surface area contributed by atoms with Gasteiger partial charge in [0.25, 0.3) is 0 Å². The first-order valence-electron chi connectivity index (χ1n) is 6.49. The smallest absolute Gasteiger partial charge is 0.242 e. The highest BCUT2D eigenvalue weighted by Crippen LogP contribution is 2.41. The Morgan fingerprint density at radius 3 is 2.53 bits per heavy atom. The Morgan fingerprint density at radius 2 is 2.05 bits per heavy atom. The number of amides is 1. The third kappa shape index (κ3) is 2.98. The van der Waals surface area contributed by atoms with Crippen molar-refractivity contribution in [1.29, 1.82) is 5.26 Å². The van der Waals surface area contributed by atoms with Crippen molar-refractivity contribution in [3.8, 4) is 6.07 Å². The molecular weight excluding hydrogens is 304 g/mol. The zero-order valence-corrected chi connectivity index (χ0v) is 12.6. The van der Waals surface area contributed by atoms with E-state index < -0.39 is 5.41 Å². The van der Waals surface area contributed by atoms with E-state index in [9.17, 15) is 4.79 Å². The number of hydrogen-bond acceptors (Lipinski definition) is 2. The minimum Gasteiger partial charge on any atom is -0.344 e. The van der Waals surface area contributed by atoms with E-state index in [0.29, 0.717) is 19.4 Å². The lowest BCUT2D eigenvalue weighted by atomic mass is 9.69. The predicted octanol–water partition coefficient (Wildman–Crippen LogP) is 3.14. The second kappa shape index (κ2) is 5.75. The van der Waals surface area contributed by atoms with Crippen LogP contribution in [0, 0.1) is 16.7 Å². The van der Waals surface area contributed by atoms with Gasteiger partial charge < -0.3 is 4.90 Å². The maximum atomic E-state index is 12.2. The third-order valence-corrected chi connectivity index (χ3v) is 4.36. The van der Waals surface area contributed by atoms with Crippen LogP contribution in [0.2, 0.25) is 0 Å². The molecule has 1 fully saturated rings. The Balaban J connectivity index is 1.91. The van der Waals surface area contributed by atoms with Crippen molar-refractivity contribution < 1.29 is 4.79 Å². The van der Waals surface area contributed by atoms with E-state index in [0.717, 1.165) is 17.3 Å². The summed E-state index contributed by atoms with van der Waals surface area (Å²) < 4.78 is 1.05. The number of halogens is 1. The van der Waals surface area contributed by atoms with Gasteiger partial charge in [0.2, 0.25) is 5.91 Å². The molecule has 0 radical (unpaired) electrons. The van der Waals surface area contributed by atoms with Gasteiger partial charge in [-0.1, -0.05) is 28.1 Å². The highest BCUT2D eigenvalue weighted by molar-refractivity contribution is 9.10. The van der Waals surface area contributed by atoms with Gasteiger partial charge >= 0.3 is 0 Å². The van der Waals surface area contributed by atoms with Crippen molar-refractivity contribution in [3.63, 3.8) is 0 Å². The van der Waals surface area contributed by atoms with E-state index in [-0.39, 0.29) is 5.91 Å². The average Bonchev–Trinajstić information content (AvgIpc) is 2.37. The molecule has 0 aromatic heterocycles. The van der Waals surface area contributed by atoms with Gasteiger partial charge in [-0.05, 0) is 43.4 Å². The first-order valence-corrected chi connectivity index (χ1v) is 7.28. The first-order chi connectivity index (χ1) is 9.07. The molecule has 1 aliphatic rings. The normalized spacial score (nSPS) is 16.3. The molecule has 4 heteroatoms. The Kier molecular flexibility index (Phi) is 4.26. The fourth-order valence-electron chi connectivity index (χ4n) is 2.32. The molecule has 1 aromatic rings. The maximum absolute atomic E-state index is 12.2. The molecule has 0 unspecified atom stereocenters. The molecule has 3 nitrogen and oxygen atoms in total. The number of carbonyl (C=O) groups is 1. The van der Waals surface area contributed by atoms with E-state index >= 15 is 0 Å². The van der Waals surface area contributed by atoms with Crippen molar-refractivity contribution in [1.82, 2.24) is 4.90 Å². The lowest BCUT2D eigenvalue weighted by Crippen LogP contribution is -2.46. The van der Waals surface area contributed by atoms with E-state index in [1.807, 2.05) is 24.3 Å². The van der Waals surface area contributed by atoms with Gasteiger partial charge in [-0.15, -0.1) is 0 Å². The number of likely N-dealkylation sites (N-methyl/N-ethyl adjacent to an activating group) is 1. The van der Waals surface area contributed by atoms with Crippen molar-refractivity contribution in [2.24, 2.45) is 5.41 Å². The molecule has 100 valence electrons. The van der Waals surface area contributed by atoms with Gasteiger partial charge in [0.15, 0.2) is 0 Å². The summed E-state index contributed by atoms with van der Waals surface area (Å²) in [7, 11) is 1.79. The second-order valence-electron chi connectivity index (χ2n) is 5.15. The molecule has 0 saturated heterocycles. The molecule has 1 amide bonds. The summed E-state index contributed by atoms with van der Waals surface area (Å²) >= 11 is 3.40. The van der Waals surface area contributed by atoms with Gasteiger partial charge in [-0.3, -0.25) is 4.79 Å². The van der Waals surface area contributed by atoms with Crippen LogP contribution in [0.1, 0.15) is 24.8 Å². The van der Waals surface area contributed by atoms with Gasteiger partial charge in [0, 0.05) is 18.1 Å². The zero-order chi connectivity index (χ0) is 13.9. The summed E-state index contributed by atoms with van der Waals surface area (Å²) in [5.41, 5.74) is 0.469. The molecular formula is C15H17BrN2O. The SMILES string of the molecule is CN(CCc1ccc(Br)cc1)C(=O)C1(C#N)CCC1. The van der Waals surface area contributed by atoms with Gasteiger partial charge in [0.1, 0.15) is 5.41 Å². The Labute approximate surface area is 122 Å². The second-order valence-corrected chi connectivity index (χ2v) is 6.07. The lowest BCUT2D eigenvalue weighted by molar-refractivity contribution is -0.141. The van der Waals surface area contributed by atoms with Crippen molar-refractivity contribution in [2.75, 3.05) is 13.6 Å². The van der Waals surface area contributed by atoms with Gasteiger partial charge in [0.05, 0.1) is 6.07 Å². The van der Waals surface area contributed by atoms with Crippen LogP contribution in [-0.2, 0) is 11.2 Å². The highest BCUT2D eigenvalue weighted by Gasteiger charge is 2.45. The third-order valence-electron chi connectivity index (χ3n) is 3.83. The highest BCUT2D eigenvalue weighted by atomic mass is 79.9. The standard InChI is InChI=1S/C15H17BrN2O/c1-18(14(19)15(11-17)8-2-9-15)10-7-12-3-5-13(16)6-4-12/h3-6H,2,7-10H2,1H3. The molecule has 0 atom stereocenters. The summed E-state index contributed by atoms with van der Waals surface area (Å²) in [5.74, 6) is -0.0154. The summed E-state index contributed by atoms with van der Waals surface area (Å²) in [6.07, 6.45) is 3.23. The van der Waals surface area contributed by atoms with E-state index in [2.05, 4.69) is 22.0 Å². The van der Waals surface area contributed by atoms with Crippen molar-refractivity contribution in [2.45, 2.75) is 25.7 Å². The lowest BCUT2D eigenvalue weighted by Gasteiger charge is -2.36. The minimum absolute atomic E-state index is 0.0154. The molecule has 0 spiro atoms.